The summed E-state index contributed by atoms with van der Waals surface area (Å²) in [6, 6.07) is 11.2. The normalized spacial score (nSPS) is 14.1. The number of alkyl halides is 3. The molecule has 30 heavy (non-hydrogen) atoms. The van der Waals surface area contributed by atoms with Crippen molar-refractivity contribution in [3.8, 4) is 5.69 Å². The number of aromatic nitrogens is 2. The summed E-state index contributed by atoms with van der Waals surface area (Å²) in [6.07, 6.45) is -3.84. The van der Waals surface area contributed by atoms with Gasteiger partial charge in [-0.15, -0.1) is 0 Å². The molecule has 1 heterocycles. The van der Waals surface area contributed by atoms with Gasteiger partial charge in [0.1, 0.15) is 11.6 Å². The molecule has 0 saturated heterocycles. The molecule has 154 valence electrons. The van der Waals surface area contributed by atoms with Crippen LogP contribution in [0.1, 0.15) is 11.1 Å². The van der Waals surface area contributed by atoms with Gasteiger partial charge in [-0.3, -0.25) is 0 Å². The van der Waals surface area contributed by atoms with Gasteiger partial charge in [0.25, 0.3) is 0 Å². The highest BCUT2D eigenvalue weighted by atomic mass is 35.5. The summed E-state index contributed by atoms with van der Waals surface area (Å²) in [5, 5.41) is 14.9. The lowest BCUT2D eigenvalue weighted by Gasteiger charge is -2.31. The summed E-state index contributed by atoms with van der Waals surface area (Å²) in [5.41, 5.74) is -3.83. The van der Waals surface area contributed by atoms with Crippen LogP contribution in [0.4, 0.5) is 22.0 Å². The highest BCUT2D eigenvalue weighted by Gasteiger charge is 2.56. The molecule has 3 nitrogen and oxygen atoms in total. The van der Waals surface area contributed by atoms with Crippen molar-refractivity contribution in [3.05, 3.63) is 94.6 Å². The van der Waals surface area contributed by atoms with E-state index >= 15 is 0 Å². The maximum Gasteiger partial charge on any atom is 0.425 e. The lowest BCUT2D eigenvalue weighted by atomic mass is 9.85. The summed E-state index contributed by atoms with van der Waals surface area (Å²) >= 11 is 5.71. The SMILES string of the molecule is OC(c1cc(F)cc(Cl)c1)(c1ccc2c(cnn2-c2ccc(F)cc2)c1)C(F)(F)F. The van der Waals surface area contributed by atoms with E-state index < -0.39 is 34.5 Å². The number of hydrogen-bond acceptors (Lipinski definition) is 2. The van der Waals surface area contributed by atoms with Gasteiger partial charge >= 0.3 is 6.18 Å². The second kappa shape index (κ2) is 7.07. The van der Waals surface area contributed by atoms with Gasteiger partial charge in [0.05, 0.1) is 17.4 Å². The summed E-state index contributed by atoms with van der Waals surface area (Å²) < 4.78 is 70.2. The standard InChI is InChI=1S/C21H12ClF5N2O/c22-15-8-14(9-17(24)10-15)20(30,21(25,26)27)13-1-6-19-12(7-13)11-28-29(19)18-4-2-16(23)3-5-18/h1-11,30H. The van der Waals surface area contributed by atoms with Crippen LogP contribution in [-0.4, -0.2) is 21.1 Å². The number of halogens is 6. The first-order valence-electron chi connectivity index (χ1n) is 8.59. The van der Waals surface area contributed by atoms with Crippen LogP contribution in [0.2, 0.25) is 5.02 Å². The highest BCUT2D eigenvalue weighted by molar-refractivity contribution is 6.30. The van der Waals surface area contributed by atoms with E-state index in [-0.39, 0.29) is 5.02 Å². The zero-order valence-electron chi connectivity index (χ0n) is 15.0. The average Bonchev–Trinajstić information content (AvgIpc) is 3.09. The molecule has 0 spiro atoms. The molecule has 0 fully saturated rings. The molecule has 0 aliphatic heterocycles. The third kappa shape index (κ3) is 3.32. The molecule has 1 N–H and O–H groups in total. The van der Waals surface area contributed by atoms with Crippen LogP contribution < -0.4 is 0 Å². The summed E-state index contributed by atoms with van der Waals surface area (Å²) in [4.78, 5) is 0. The van der Waals surface area contributed by atoms with Crippen LogP contribution in [0.5, 0.6) is 0 Å². The Hall–Kier alpha value is -2.97. The number of aliphatic hydroxyl groups is 1. The third-order valence-corrected chi connectivity index (χ3v) is 4.97. The molecule has 1 unspecified atom stereocenters. The molecule has 0 radical (unpaired) electrons. The number of rotatable bonds is 3. The van der Waals surface area contributed by atoms with Crippen molar-refractivity contribution in [2.24, 2.45) is 0 Å². The third-order valence-electron chi connectivity index (χ3n) is 4.75. The van der Waals surface area contributed by atoms with Crippen LogP contribution >= 0.6 is 11.6 Å². The molecule has 1 atom stereocenters. The predicted octanol–water partition coefficient (Wildman–Crippen LogP) is 5.76. The second-order valence-electron chi connectivity index (χ2n) is 6.67. The summed E-state index contributed by atoms with van der Waals surface area (Å²) in [6.45, 7) is 0. The van der Waals surface area contributed by atoms with E-state index in [1.165, 1.54) is 41.2 Å². The molecule has 0 saturated carbocycles. The van der Waals surface area contributed by atoms with Crippen LogP contribution in [0.25, 0.3) is 16.6 Å². The average molecular weight is 439 g/mol. The number of nitrogens with zero attached hydrogens (tertiary/aromatic N) is 2. The minimum Gasteiger partial charge on any atom is -0.372 e. The Balaban J connectivity index is 1.88. The first kappa shape index (κ1) is 20.3. The Kier molecular flexibility index (Phi) is 4.79. The topological polar surface area (TPSA) is 38.1 Å². The fourth-order valence-corrected chi connectivity index (χ4v) is 3.52. The van der Waals surface area contributed by atoms with Crippen molar-refractivity contribution in [1.29, 1.82) is 0 Å². The van der Waals surface area contributed by atoms with Gasteiger partial charge in [-0.25, -0.2) is 13.5 Å². The Bertz CT molecular complexity index is 1220. The molecule has 0 amide bonds. The zero-order valence-corrected chi connectivity index (χ0v) is 15.7. The molecule has 0 aliphatic carbocycles. The van der Waals surface area contributed by atoms with Crippen molar-refractivity contribution in [3.63, 3.8) is 0 Å². The van der Waals surface area contributed by atoms with Crippen LogP contribution in [-0.2, 0) is 5.60 Å². The molecule has 3 aromatic carbocycles. The van der Waals surface area contributed by atoms with E-state index in [0.717, 1.165) is 24.3 Å². The first-order valence-corrected chi connectivity index (χ1v) is 8.97. The van der Waals surface area contributed by atoms with Crippen LogP contribution in [0.3, 0.4) is 0 Å². The Morgan fingerprint density at radius 2 is 1.53 bits per heavy atom. The van der Waals surface area contributed by atoms with E-state index in [2.05, 4.69) is 5.10 Å². The molecular formula is C21H12ClF5N2O. The molecule has 1 aromatic heterocycles. The van der Waals surface area contributed by atoms with Crippen molar-refractivity contribution in [2.75, 3.05) is 0 Å². The molecule has 0 bridgehead atoms. The van der Waals surface area contributed by atoms with Crippen LogP contribution in [0, 0.1) is 11.6 Å². The predicted molar refractivity (Wildman–Crippen MR) is 101 cm³/mol. The quantitative estimate of drug-likeness (QED) is 0.413. The minimum absolute atomic E-state index is 0.280. The minimum atomic E-state index is -5.16. The van der Waals surface area contributed by atoms with Gasteiger partial charge in [0.2, 0.25) is 5.60 Å². The number of hydrogen-bond donors (Lipinski definition) is 1. The monoisotopic (exact) mass is 438 g/mol. The van der Waals surface area contributed by atoms with Gasteiger partial charge in [0, 0.05) is 16.0 Å². The lowest BCUT2D eigenvalue weighted by molar-refractivity contribution is -0.248. The maximum absolute atomic E-state index is 14.0. The number of benzene rings is 3. The van der Waals surface area contributed by atoms with Gasteiger partial charge in [0.15, 0.2) is 0 Å². The Morgan fingerprint density at radius 1 is 0.833 bits per heavy atom. The summed E-state index contributed by atoms with van der Waals surface area (Å²) in [5.74, 6) is -1.45. The van der Waals surface area contributed by atoms with E-state index in [1.807, 2.05) is 0 Å². The first-order chi connectivity index (χ1) is 14.1. The fourth-order valence-electron chi connectivity index (χ4n) is 3.30. The molecule has 9 heteroatoms. The van der Waals surface area contributed by atoms with Gasteiger partial charge in [-0.2, -0.15) is 18.3 Å². The zero-order chi connectivity index (χ0) is 21.7. The Labute approximate surface area is 171 Å². The van der Waals surface area contributed by atoms with Gasteiger partial charge < -0.3 is 5.11 Å². The second-order valence-corrected chi connectivity index (χ2v) is 7.11. The maximum atomic E-state index is 14.0. The van der Waals surface area contributed by atoms with Crippen molar-refractivity contribution >= 4 is 22.5 Å². The van der Waals surface area contributed by atoms with E-state index in [1.54, 1.807) is 0 Å². The van der Waals surface area contributed by atoms with Gasteiger partial charge in [-0.1, -0.05) is 17.7 Å². The highest BCUT2D eigenvalue weighted by Crippen LogP contribution is 2.45. The van der Waals surface area contributed by atoms with E-state index in [4.69, 9.17) is 11.6 Å². The summed E-state index contributed by atoms with van der Waals surface area (Å²) in [7, 11) is 0. The smallest absolute Gasteiger partial charge is 0.372 e. The Morgan fingerprint density at radius 3 is 2.17 bits per heavy atom. The van der Waals surface area contributed by atoms with Crippen LogP contribution in [0.15, 0.2) is 66.9 Å². The molecule has 4 aromatic rings. The van der Waals surface area contributed by atoms with Crippen molar-refractivity contribution < 1.29 is 27.1 Å². The van der Waals surface area contributed by atoms with Crippen molar-refractivity contribution in [2.45, 2.75) is 11.8 Å². The van der Waals surface area contributed by atoms with Gasteiger partial charge in [-0.05, 0) is 60.2 Å². The largest absolute Gasteiger partial charge is 0.425 e. The molecule has 0 aliphatic rings. The molecule has 4 rings (SSSR count). The number of fused-ring (bicyclic) bond motifs is 1. The van der Waals surface area contributed by atoms with E-state index in [9.17, 15) is 27.1 Å². The van der Waals surface area contributed by atoms with Crippen molar-refractivity contribution in [1.82, 2.24) is 9.78 Å². The fraction of sp³-hybridized carbons (Fsp3) is 0.0952. The molecular weight excluding hydrogens is 427 g/mol. The lowest BCUT2D eigenvalue weighted by Crippen LogP contribution is -2.43. The van der Waals surface area contributed by atoms with E-state index in [0.29, 0.717) is 22.7 Å².